The normalized spacial score (nSPS) is 23.9. The first-order valence-electron chi connectivity index (χ1n) is 5.62. The highest BCUT2D eigenvalue weighted by atomic mass is 16.5. The van der Waals surface area contributed by atoms with Gasteiger partial charge in [-0.3, -0.25) is 9.89 Å². The van der Waals surface area contributed by atoms with Crippen LogP contribution >= 0.6 is 0 Å². The predicted octanol–water partition coefficient (Wildman–Crippen LogP) is -0.752. The highest BCUT2D eigenvalue weighted by Crippen LogP contribution is 2.16. The fourth-order valence-electron chi connectivity index (χ4n) is 1.61. The summed E-state index contributed by atoms with van der Waals surface area (Å²) in [5.74, 6) is 0.378. The minimum absolute atomic E-state index is 0.101. The first kappa shape index (κ1) is 12.0. The van der Waals surface area contributed by atoms with Crippen molar-refractivity contribution in [2.75, 3.05) is 19.8 Å². The van der Waals surface area contributed by atoms with Crippen LogP contribution in [0.1, 0.15) is 29.8 Å². The van der Waals surface area contributed by atoms with Crippen molar-refractivity contribution in [3.05, 3.63) is 11.6 Å². The van der Waals surface area contributed by atoms with Crippen LogP contribution < -0.4 is 5.32 Å². The molecule has 0 radical (unpaired) electrons. The van der Waals surface area contributed by atoms with E-state index in [4.69, 9.17) is 4.74 Å². The van der Waals surface area contributed by atoms with Gasteiger partial charge in [0, 0.05) is 26.0 Å². The number of aryl methyl sites for hydroxylation is 1. The van der Waals surface area contributed by atoms with Crippen LogP contribution in [0, 0.1) is 0 Å². The van der Waals surface area contributed by atoms with Crippen LogP contribution in [0.5, 0.6) is 0 Å². The second kappa shape index (κ2) is 4.80. The third-order valence-electron chi connectivity index (χ3n) is 2.73. The Labute approximate surface area is 98.6 Å². The molecule has 1 aliphatic rings. The third-order valence-corrected chi connectivity index (χ3v) is 2.73. The maximum Gasteiger partial charge on any atom is 0.291 e. The molecule has 1 unspecified atom stereocenters. The van der Waals surface area contributed by atoms with E-state index in [0.717, 1.165) is 0 Å². The summed E-state index contributed by atoms with van der Waals surface area (Å²) >= 11 is 0. The largest absolute Gasteiger partial charge is 0.386 e. The number of nitrogens with one attached hydrogen (secondary N) is 2. The number of amides is 1. The highest BCUT2D eigenvalue weighted by Gasteiger charge is 2.32. The van der Waals surface area contributed by atoms with Gasteiger partial charge in [-0.05, 0) is 0 Å². The van der Waals surface area contributed by atoms with Crippen molar-refractivity contribution < 1.29 is 14.6 Å². The fourth-order valence-corrected chi connectivity index (χ4v) is 1.61. The molecule has 3 N–H and O–H groups in total. The first-order valence-corrected chi connectivity index (χ1v) is 5.62. The van der Waals surface area contributed by atoms with Crippen molar-refractivity contribution in [2.45, 2.75) is 25.4 Å². The van der Waals surface area contributed by atoms with Crippen molar-refractivity contribution in [3.8, 4) is 0 Å². The Hall–Kier alpha value is -1.47. The summed E-state index contributed by atoms with van der Waals surface area (Å²) < 4.78 is 5.08. The van der Waals surface area contributed by atoms with Gasteiger partial charge in [-0.15, -0.1) is 5.10 Å². The zero-order valence-corrected chi connectivity index (χ0v) is 9.69. The van der Waals surface area contributed by atoms with Crippen molar-refractivity contribution in [1.82, 2.24) is 20.5 Å². The molecule has 1 saturated heterocycles. The van der Waals surface area contributed by atoms with E-state index < -0.39 is 5.60 Å². The van der Waals surface area contributed by atoms with Gasteiger partial charge < -0.3 is 15.2 Å². The lowest BCUT2D eigenvalue weighted by Crippen LogP contribution is -2.43. The summed E-state index contributed by atoms with van der Waals surface area (Å²) in [6.07, 6.45) is 1.22. The number of aromatic nitrogens is 3. The SMILES string of the molecule is CCc1nc(C(=O)NCC2(O)CCOC2)n[nH]1. The molecule has 7 heteroatoms. The quantitative estimate of drug-likeness (QED) is 0.643. The summed E-state index contributed by atoms with van der Waals surface area (Å²) in [6, 6.07) is 0. The van der Waals surface area contributed by atoms with Crippen LogP contribution in [0.3, 0.4) is 0 Å². The van der Waals surface area contributed by atoms with Crippen LogP contribution in [0.4, 0.5) is 0 Å². The number of aliphatic hydroxyl groups is 1. The Balaban J connectivity index is 1.88. The van der Waals surface area contributed by atoms with Gasteiger partial charge in [0.1, 0.15) is 11.4 Å². The highest BCUT2D eigenvalue weighted by molar-refractivity contribution is 5.90. The van der Waals surface area contributed by atoms with Crippen LogP contribution in [0.15, 0.2) is 0 Å². The van der Waals surface area contributed by atoms with Gasteiger partial charge in [0.2, 0.25) is 5.82 Å². The monoisotopic (exact) mass is 240 g/mol. The molecule has 0 aromatic carbocycles. The van der Waals surface area contributed by atoms with Gasteiger partial charge in [0.25, 0.3) is 5.91 Å². The molecule has 2 rings (SSSR count). The van der Waals surface area contributed by atoms with Crippen molar-refractivity contribution in [1.29, 1.82) is 0 Å². The molecule has 94 valence electrons. The number of carbonyl (C=O) groups excluding carboxylic acids is 1. The van der Waals surface area contributed by atoms with E-state index in [9.17, 15) is 9.90 Å². The number of carbonyl (C=O) groups is 1. The minimum atomic E-state index is -0.959. The minimum Gasteiger partial charge on any atom is -0.386 e. The van der Waals surface area contributed by atoms with E-state index in [-0.39, 0.29) is 24.9 Å². The predicted molar refractivity (Wildman–Crippen MR) is 58.5 cm³/mol. The maximum absolute atomic E-state index is 11.7. The van der Waals surface area contributed by atoms with E-state index in [0.29, 0.717) is 25.3 Å². The molecular weight excluding hydrogens is 224 g/mol. The fraction of sp³-hybridized carbons (Fsp3) is 0.700. The van der Waals surface area contributed by atoms with Crippen molar-refractivity contribution >= 4 is 5.91 Å². The molecule has 2 heterocycles. The topological polar surface area (TPSA) is 100 Å². The number of nitrogens with zero attached hydrogens (tertiary/aromatic N) is 2. The van der Waals surface area contributed by atoms with Crippen LogP contribution in [0.25, 0.3) is 0 Å². The summed E-state index contributed by atoms with van der Waals surface area (Å²) in [5.41, 5.74) is -0.959. The smallest absolute Gasteiger partial charge is 0.291 e. The van der Waals surface area contributed by atoms with Gasteiger partial charge in [-0.25, -0.2) is 4.98 Å². The summed E-state index contributed by atoms with van der Waals surface area (Å²) in [6.45, 7) is 2.84. The Kier molecular flexibility index (Phi) is 3.39. The van der Waals surface area contributed by atoms with Crippen LogP contribution in [-0.4, -0.2) is 51.6 Å². The molecule has 1 atom stereocenters. The molecule has 1 fully saturated rings. The Morgan fingerprint density at radius 1 is 1.71 bits per heavy atom. The molecule has 1 amide bonds. The van der Waals surface area contributed by atoms with Crippen molar-refractivity contribution in [3.63, 3.8) is 0 Å². The van der Waals surface area contributed by atoms with E-state index in [1.165, 1.54) is 0 Å². The van der Waals surface area contributed by atoms with E-state index in [1.807, 2.05) is 6.92 Å². The number of H-pyrrole nitrogens is 1. The lowest BCUT2D eigenvalue weighted by atomic mass is 10.0. The van der Waals surface area contributed by atoms with Gasteiger partial charge in [0.05, 0.1) is 6.61 Å². The van der Waals surface area contributed by atoms with Crippen LogP contribution in [0.2, 0.25) is 0 Å². The molecule has 1 aromatic heterocycles. The second-order valence-corrected chi connectivity index (χ2v) is 4.17. The van der Waals surface area contributed by atoms with Gasteiger partial charge in [-0.2, -0.15) is 0 Å². The average Bonchev–Trinajstić information content (AvgIpc) is 2.95. The molecule has 1 aromatic rings. The Morgan fingerprint density at radius 3 is 3.12 bits per heavy atom. The molecule has 7 nitrogen and oxygen atoms in total. The van der Waals surface area contributed by atoms with Gasteiger partial charge in [-0.1, -0.05) is 6.92 Å². The Bertz CT molecular complexity index is 398. The molecular formula is C10H16N4O3. The number of hydrogen-bond acceptors (Lipinski definition) is 5. The molecule has 0 spiro atoms. The standard InChI is InChI=1S/C10H16N4O3/c1-2-7-12-8(14-13-7)9(15)11-5-10(16)3-4-17-6-10/h16H,2-6H2,1H3,(H,11,15)(H,12,13,14). The van der Waals surface area contributed by atoms with E-state index in [2.05, 4.69) is 20.5 Å². The second-order valence-electron chi connectivity index (χ2n) is 4.17. The Morgan fingerprint density at radius 2 is 2.53 bits per heavy atom. The van der Waals surface area contributed by atoms with Gasteiger partial charge >= 0.3 is 0 Å². The number of aromatic amines is 1. The first-order chi connectivity index (χ1) is 8.13. The molecule has 0 bridgehead atoms. The van der Waals surface area contributed by atoms with Gasteiger partial charge in [0.15, 0.2) is 0 Å². The lowest BCUT2D eigenvalue weighted by Gasteiger charge is -2.19. The zero-order chi connectivity index (χ0) is 12.3. The number of ether oxygens (including phenoxy) is 1. The average molecular weight is 240 g/mol. The molecule has 0 aliphatic carbocycles. The number of rotatable bonds is 4. The summed E-state index contributed by atoms with van der Waals surface area (Å²) in [5, 5.41) is 19.0. The molecule has 0 saturated carbocycles. The summed E-state index contributed by atoms with van der Waals surface area (Å²) in [4.78, 5) is 15.7. The van der Waals surface area contributed by atoms with Crippen molar-refractivity contribution in [2.24, 2.45) is 0 Å². The third kappa shape index (κ3) is 2.80. The molecule has 17 heavy (non-hydrogen) atoms. The lowest BCUT2D eigenvalue weighted by molar-refractivity contribution is 0.0263. The van der Waals surface area contributed by atoms with Crippen LogP contribution in [-0.2, 0) is 11.2 Å². The zero-order valence-electron chi connectivity index (χ0n) is 9.69. The summed E-state index contributed by atoms with van der Waals surface area (Å²) in [7, 11) is 0. The molecule has 1 aliphatic heterocycles. The number of hydrogen-bond donors (Lipinski definition) is 3. The van der Waals surface area contributed by atoms with E-state index >= 15 is 0 Å². The van der Waals surface area contributed by atoms with E-state index in [1.54, 1.807) is 0 Å². The maximum atomic E-state index is 11.7.